The van der Waals surface area contributed by atoms with Crippen molar-refractivity contribution < 1.29 is 9.59 Å². The molecule has 1 aliphatic carbocycles. The zero-order chi connectivity index (χ0) is 21.2. The molecule has 0 bridgehead atoms. The third kappa shape index (κ3) is 4.24. The van der Waals surface area contributed by atoms with Crippen LogP contribution in [0.5, 0.6) is 0 Å². The number of carbonyl (C=O) groups excluding carboxylic acids is 2. The molecule has 2 amide bonds. The van der Waals surface area contributed by atoms with Crippen molar-refractivity contribution in [3.05, 3.63) is 71.3 Å². The smallest absolute Gasteiger partial charge is 0.237 e. The van der Waals surface area contributed by atoms with Gasteiger partial charge >= 0.3 is 0 Å². The highest BCUT2D eigenvalue weighted by Crippen LogP contribution is 2.30. The van der Waals surface area contributed by atoms with Crippen LogP contribution in [0.1, 0.15) is 41.9 Å². The number of piperazine rings is 1. The van der Waals surface area contributed by atoms with Crippen LogP contribution in [0.3, 0.4) is 0 Å². The first-order valence-corrected chi connectivity index (χ1v) is 11.6. The van der Waals surface area contributed by atoms with Gasteiger partial charge in [-0.25, -0.2) is 0 Å². The summed E-state index contributed by atoms with van der Waals surface area (Å²) < 4.78 is 0. The first-order valence-electron chi connectivity index (χ1n) is 11.6. The maximum Gasteiger partial charge on any atom is 0.237 e. The molecule has 2 aromatic carbocycles. The van der Waals surface area contributed by atoms with Gasteiger partial charge in [-0.2, -0.15) is 0 Å². The number of benzene rings is 2. The number of rotatable bonds is 4. The van der Waals surface area contributed by atoms with E-state index in [1.165, 1.54) is 16.7 Å². The molecule has 5 rings (SSSR count). The summed E-state index contributed by atoms with van der Waals surface area (Å²) in [5.41, 5.74) is 4.13. The molecule has 162 valence electrons. The number of amides is 2. The summed E-state index contributed by atoms with van der Waals surface area (Å²) in [6.45, 7) is 3.04. The second-order valence-corrected chi connectivity index (χ2v) is 9.15. The van der Waals surface area contributed by atoms with Crippen LogP contribution in [0, 0.1) is 0 Å². The summed E-state index contributed by atoms with van der Waals surface area (Å²) in [4.78, 5) is 30.2. The van der Waals surface area contributed by atoms with E-state index in [1.54, 1.807) is 0 Å². The predicted octanol–water partition coefficient (Wildman–Crippen LogP) is 2.75. The molecule has 31 heavy (non-hydrogen) atoms. The molecule has 2 fully saturated rings. The van der Waals surface area contributed by atoms with Gasteiger partial charge in [-0.3, -0.25) is 14.5 Å². The number of piperidine rings is 1. The molecule has 0 radical (unpaired) electrons. The van der Waals surface area contributed by atoms with Crippen LogP contribution in [-0.4, -0.2) is 59.9 Å². The second-order valence-electron chi connectivity index (χ2n) is 9.15. The highest BCUT2D eigenvalue weighted by Gasteiger charge is 2.39. The van der Waals surface area contributed by atoms with Crippen molar-refractivity contribution in [1.82, 2.24) is 15.1 Å². The van der Waals surface area contributed by atoms with Gasteiger partial charge in [0.2, 0.25) is 11.8 Å². The molecule has 2 aliphatic heterocycles. The average Bonchev–Trinajstić information content (AvgIpc) is 3.25. The lowest BCUT2D eigenvalue weighted by atomic mass is 9.89. The first kappa shape index (κ1) is 20.3. The van der Waals surface area contributed by atoms with Gasteiger partial charge in [0, 0.05) is 32.2 Å². The van der Waals surface area contributed by atoms with E-state index in [4.69, 9.17) is 0 Å². The molecule has 1 atom stereocenters. The van der Waals surface area contributed by atoms with Gasteiger partial charge in [-0.1, -0.05) is 54.6 Å². The van der Waals surface area contributed by atoms with Crippen molar-refractivity contribution in [3.8, 4) is 0 Å². The average molecular weight is 418 g/mol. The van der Waals surface area contributed by atoms with E-state index in [1.807, 2.05) is 11.0 Å². The Kier molecular flexibility index (Phi) is 5.77. The molecule has 0 spiro atoms. The maximum absolute atomic E-state index is 13.2. The number of nitrogens with one attached hydrogen (secondary N) is 1. The number of hydrogen-bond acceptors (Lipinski definition) is 3. The van der Waals surface area contributed by atoms with Crippen LogP contribution in [0.15, 0.2) is 54.6 Å². The van der Waals surface area contributed by atoms with Crippen LogP contribution < -0.4 is 5.32 Å². The summed E-state index contributed by atoms with van der Waals surface area (Å²) in [6, 6.07) is 19.1. The van der Waals surface area contributed by atoms with E-state index in [9.17, 15) is 9.59 Å². The van der Waals surface area contributed by atoms with Gasteiger partial charge < -0.3 is 10.2 Å². The summed E-state index contributed by atoms with van der Waals surface area (Å²) >= 11 is 0. The Bertz CT molecular complexity index is 912. The topological polar surface area (TPSA) is 52.7 Å². The second kappa shape index (κ2) is 8.83. The number of nitrogens with zero attached hydrogens (tertiary/aromatic N) is 2. The normalized spacial score (nSPS) is 22.9. The van der Waals surface area contributed by atoms with Crippen molar-refractivity contribution in [2.75, 3.05) is 26.2 Å². The number of hydrogen-bond donors (Lipinski definition) is 1. The molecule has 2 saturated heterocycles. The van der Waals surface area contributed by atoms with Crippen molar-refractivity contribution in [2.24, 2.45) is 0 Å². The fraction of sp³-hybridized carbons (Fsp3) is 0.462. The minimum atomic E-state index is -0.354. The Morgan fingerprint density at radius 3 is 2.23 bits per heavy atom. The van der Waals surface area contributed by atoms with E-state index in [0.717, 1.165) is 45.3 Å². The van der Waals surface area contributed by atoms with Gasteiger partial charge in [0.05, 0.1) is 12.5 Å². The number of carbonyl (C=O) groups is 2. The Balaban J connectivity index is 1.22. The lowest BCUT2D eigenvalue weighted by molar-refractivity contribution is -0.140. The molecule has 2 aromatic rings. The van der Waals surface area contributed by atoms with Crippen LogP contribution in [-0.2, 0) is 22.4 Å². The van der Waals surface area contributed by atoms with Crippen molar-refractivity contribution in [3.63, 3.8) is 0 Å². The quantitative estimate of drug-likeness (QED) is 0.832. The predicted molar refractivity (Wildman–Crippen MR) is 121 cm³/mol. The largest absolute Gasteiger partial charge is 0.353 e. The maximum atomic E-state index is 13.2. The highest BCUT2D eigenvalue weighted by atomic mass is 16.2. The minimum Gasteiger partial charge on any atom is -0.353 e. The van der Waals surface area contributed by atoms with Crippen LogP contribution in [0.2, 0.25) is 0 Å². The Morgan fingerprint density at radius 1 is 0.903 bits per heavy atom. The van der Waals surface area contributed by atoms with Gasteiger partial charge in [0.25, 0.3) is 0 Å². The Labute approximate surface area is 184 Å². The van der Waals surface area contributed by atoms with E-state index in [-0.39, 0.29) is 24.3 Å². The molecule has 3 aliphatic rings. The first-order chi connectivity index (χ1) is 15.2. The SMILES string of the molecule is O=C1NCCN(C2Cc3ccccc3C2)C1CC(=O)N1CCC(c2ccccc2)CC1. The van der Waals surface area contributed by atoms with E-state index in [2.05, 4.69) is 58.7 Å². The molecule has 2 heterocycles. The number of likely N-dealkylation sites (tertiary alicyclic amines) is 1. The van der Waals surface area contributed by atoms with E-state index in [0.29, 0.717) is 18.5 Å². The van der Waals surface area contributed by atoms with Crippen molar-refractivity contribution in [2.45, 2.75) is 50.1 Å². The van der Waals surface area contributed by atoms with E-state index >= 15 is 0 Å². The highest BCUT2D eigenvalue weighted by molar-refractivity contribution is 5.89. The minimum absolute atomic E-state index is 0.00901. The zero-order valence-corrected chi connectivity index (χ0v) is 18.0. The van der Waals surface area contributed by atoms with Gasteiger partial charge in [-0.15, -0.1) is 0 Å². The Hall–Kier alpha value is -2.66. The van der Waals surface area contributed by atoms with Gasteiger partial charge in [0.1, 0.15) is 0 Å². The third-order valence-corrected chi connectivity index (χ3v) is 7.36. The fourth-order valence-electron chi connectivity index (χ4n) is 5.63. The third-order valence-electron chi connectivity index (χ3n) is 7.36. The lowest BCUT2D eigenvalue weighted by Crippen LogP contribution is -2.60. The zero-order valence-electron chi connectivity index (χ0n) is 18.0. The summed E-state index contributed by atoms with van der Waals surface area (Å²) in [7, 11) is 0. The molecule has 5 heteroatoms. The van der Waals surface area contributed by atoms with Gasteiger partial charge in [-0.05, 0) is 48.3 Å². The molecule has 1 N–H and O–H groups in total. The summed E-state index contributed by atoms with van der Waals surface area (Å²) in [5.74, 6) is 0.653. The van der Waals surface area contributed by atoms with Crippen molar-refractivity contribution >= 4 is 11.8 Å². The van der Waals surface area contributed by atoms with Crippen LogP contribution in [0.25, 0.3) is 0 Å². The lowest BCUT2D eigenvalue weighted by Gasteiger charge is -2.40. The monoisotopic (exact) mass is 417 g/mol. The van der Waals surface area contributed by atoms with Crippen LogP contribution in [0.4, 0.5) is 0 Å². The molecule has 1 unspecified atom stereocenters. The van der Waals surface area contributed by atoms with Crippen LogP contribution >= 0.6 is 0 Å². The molecule has 0 saturated carbocycles. The Morgan fingerprint density at radius 2 is 1.55 bits per heavy atom. The molecule has 0 aromatic heterocycles. The molecular weight excluding hydrogens is 386 g/mol. The van der Waals surface area contributed by atoms with Gasteiger partial charge in [0.15, 0.2) is 0 Å². The summed E-state index contributed by atoms with van der Waals surface area (Å²) in [6.07, 6.45) is 4.21. The standard InChI is InChI=1S/C26H31N3O2/c30-25(28-13-10-20(11-14-28)19-6-2-1-3-7-19)18-24-26(31)27-12-15-29(24)23-16-21-8-4-5-9-22(21)17-23/h1-9,20,23-24H,10-18H2,(H,27,31). The number of fused-ring (bicyclic) bond motifs is 1. The summed E-state index contributed by atoms with van der Waals surface area (Å²) in [5, 5.41) is 2.99. The van der Waals surface area contributed by atoms with Crippen molar-refractivity contribution in [1.29, 1.82) is 0 Å². The molecule has 5 nitrogen and oxygen atoms in total. The van der Waals surface area contributed by atoms with E-state index < -0.39 is 0 Å². The fourth-order valence-corrected chi connectivity index (χ4v) is 5.63. The molecular formula is C26H31N3O2.